The third-order valence-electron chi connectivity index (χ3n) is 5.67. The molecular formula is C24H21Cl2N3OS2. The number of hydrogen-bond donors (Lipinski definition) is 0. The zero-order valence-electron chi connectivity index (χ0n) is 17.7. The van der Waals surface area contributed by atoms with E-state index in [0.717, 1.165) is 46.5 Å². The van der Waals surface area contributed by atoms with E-state index in [9.17, 15) is 4.79 Å². The van der Waals surface area contributed by atoms with E-state index in [2.05, 4.69) is 11.9 Å². The molecule has 0 radical (unpaired) electrons. The average Bonchev–Trinajstić information content (AvgIpc) is 3.10. The molecule has 0 amide bonds. The van der Waals surface area contributed by atoms with Gasteiger partial charge in [0, 0.05) is 33.8 Å². The number of nitrogens with zero attached hydrogens (tertiary/aromatic N) is 3. The maximum Gasteiger partial charge on any atom is 0.267 e. The molecule has 1 aliphatic heterocycles. The summed E-state index contributed by atoms with van der Waals surface area (Å²) in [5, 5.41) is 2.67. The minimum absolute atomic E-state index is 0.00681. The molecule has 0 atom stereocenters. The molecule has 2 aromatic carbocycles. The fourth-order valence-corrected chi connectivity index (χ4v) is 6.94. The lowest BCUT2D eigenvalue weighted by atomic mass is 10.1. The third-order valence-corrected chi connectivity index (χ3v) is 8.35. The van der Waals surface area contributed by atoms with E-state index in [4.69, 9.17) is 28.2 Å². The normalized spacial score (nSPS) is 14.1. The minimum atomic E-state index is 0.00681. The third kappa shape index (κ3) is 4.11. The number of rotatable bonds is 4. The van der Waals surface area contributed by atoms with E-state index in [0.29, 0.717) is 21.0 Å². The number of hydrogen-bond acceptors (Lipinski definition) is 5. The first-order valence-electron chi connectivity index (χ1n) is 10.3. The second-order valence-electron chi connectivity index (χ2n) is 8.07. The molecule has 164 valence electrons. The maximum atomic E-state index is 13.9. The summed E-state index contributed by atoms with van der Waals surface area (Å²) in [6.07, 6.45) is 0.878. The number of fused-ring (bicyclic) bond motifs is 3. The van der Waals surface area contributed by atoms with Gasteiger partial charge in [0.2, 0.25) is 0 Å². The Balaban J connectivity index is 1.66. The van der Waals surface area contributed by atoms with Crippen LogP contribution in [0.3, 0.4) is 0 Å². The van der Waals surface area contributed by atoms with Gasteiger partial charge in [0.25, 0.3) is 5.56 Å². The van der Waals surface area contributed by atoms with Gasteiger partial charge in [-0.25, -0.2) is 4.98 Å². The molecule has 3 heterocycles. The molecule has 1 aliphatic rings. The molecule has 4 nitrogen and oxygen atoms in total. The van der Waals surface area contributed by atoms with Gasteiger partial charge in [-0.3, -0.25) is 9.36 Å². The van der Waals surface area contributed by atoms with E-state index in [1.165, 1.54) is 22.2 Å². The highest BCUT2D eigenvalue weighted by Crippen LogP contribution is 2.35. The molecule has 0 fully saturated rings. The lowest BCUT2D eigenvalue weighted by Gasteiger charge is -2.21. The zero-order chi connectivity index (χ0) is 22.4. The van der Waals surface area contributed by atoms with Crippen LogP contribution >= 0.6 is 46.3 Å². The number of benzene rings is 2. The van der Waals surface area contributed by atoms with Crippen LogP contribution in [-0.4, -0.2) is 28.0 Å². The van der Waals surface area contributed by atoms with E-state index < -0.39 is 0 Å². The monoisotopic (exact) mass is 501 g/mol. The summed E-state index contributed by atoms with van der Waals surface area (Å²) in [6, 6.07) is 13.5. The molecule has 0 saturated carbocycles. The molecule has 0 bridgehead atoms. The van der Waals surface area contributed by atoms with Crippen LogP contribution in [0.25, 0.3) is 15.9 Å². The first kappa shape index (κ1) is 22.0. The quantitative estimate of drug-likeness (QED) is 0.241. The van der Waals surface area contributed by atoms with Crippen molar-refractivity contribution in [3.8, 4) is 5.69 Å². The molecule has 8 heteroatoms. The number of aryl methyl sites for hydroxylation is 1. The molecule has 4 aromatic rings. The van der Waals surface area contributed by atoms with Crippen molar-refractivity contribution in [2.24, 2.45) is 0 Å². The van der Waals surface area contributed by atoms with E-state index >= 15 is 0 Å². The number of aromatic nitrogens is 2. The van der Waals surface area contributed by atoms with Gasteiger partial charge in [0.1, 0.15) is 4.83 Å². The lowest BCUT2D eigenvalue weighted by molar-refractivity contribution is 0.318. The van der Waals surface area contributed by atoms with Crippen molar-refractivity contribution in [1.82, 2.24) is 14.5 Å². The second kappa shape index (κ2) is 8.84. The Kier molecular flexibility index (Phi) is 6.07. The van der Waals surface area contributed by atoms with E-state index in [1.807, 2.05) is 43.3 Å². The van der Waals surface area contributed by atoms with Crippen molar-refractivity contribution in [2.45, 2.75) is 30.8 Å². The zero-order valence-corrected chi connectivity index (χ0v) is 20.8. The second-order valence-corrected chi connectivity index (χ2v) is 10.9. The summed E-state index contributed by atoms with van der Waals surface area (Å²) in [5.74, 6) is 0.591. The van der Waals surface area contributed by atoms with Gasteiger partial charge in [-0.05, 0) is 61.3 Å². The predicted molar refractivity (Wildman–Crippen MR) is 136 cm³/mol. The Morgan fingerprint density at radius 2 is 2.03 bits per heavy atom. The molecule has 0 saturated heterocycles. The van der Waals surface area contributed by atoms with Crippen molar-refractivity contribution in [3.63, 3.8) is 0 Å². The highest BCUT2D eigenvalue weighted by molar-refractivity contribution is 7.98. The van der Waals surface area contributed by atoms with Crippen molar-refractivity contribution in [1.29, 1.82) is 0 Å². The van der Waals surface area contributed by atoms with E-state index in [1.54, 1.807) is 22.0 Å². The Bertz CT molecular complexity index is 1400. The largest absolute Gasteiger partial charge is 0.301 e. The van der Waals surface area contributed by atoms with Crippen LogP contribution in [0.4, 0.5) is 0 Å². The van der Waals surface area contributed by atoms with Crippen LogP contribution in [0.5, 0.6) is 0 Å². The average molecular weight is 502 g/mol. The van der Waals surface area contributed by atoms with Crippen LogP contribution in [0.15, 0.2) is 52.4 Å². The first-order valence-corrected chi connectivity index (χ1v) is 12.9. The van der Waals surface area contributed by atoms with Gasteiger partial charge in [-0.2, -0.15) is 0 Å². The maximum absolute atomic E-state index is 13.9. The molecule has 0 aliphatic carbocycles. The topological polar surface area (TPSA) is 38.1 Å². The highest BCUT2D eigenvalue weighted by Gasteiger charge is 2.24. The smallest absolute Gasteiger partial charge is 0.267 e. The molecule has 0 unspecified atom stereocenters. The number of thioether (sulfide) groups is 1. The summed E-state index contributed by atoms with van der Waals surface area (Å²) in [6.45, 7) is 3.85. The van der Waals surface area contributed by atoms with Crippen molar-refractivity contribution < 1.29 is 0 Å². The SMILES string of the molecule is Cc1cccc(-n2c(SCc3ccc(Cl)cc3Cl)nc3sc4c(c3c2=O)CCN(C)C4)c1. The predicted octanol–water partition coefficient (Wildman–Crippen LogP) is 6.34. The fourth-order valence-electron chi connectivity index (χ4n) is 4.02. The minimum Gasteiger partial charge on any atom is -0.301 e. The first-order chi connectivity index (χ1) is 15.4. The summed E-state index contributed by atoms with van der Waals surface area (Å²) >= 11 is 15.6. The number of likely N-dealkylation sites (N-methyl/N-ethyl adjacent to an activating group) is 1. The Morgan fingerprint density at radius 1 is 1.19 bits per heavy atom. The Morgan fingerprint density at radius 3 is 2.81 bits per heavy atom. The molecular weight excluding hydrogens is 481 g/mol. The van der Waals surface area contributed by atoms with Crippen LogP contribution in [-0.2, 0) is 18.7 Å². The van der Waals surface area contributed by atoms with Gasteiger partial charge in [-0.1, -0.05) is 53.2 Å². The molecule has 0 N–H and O–H groups in total. The Labute approximate surface area is 204 Å². The number of thiophene rings is 1. The summed E-state index contributed by atoms with van der Waals surface area (Å²) in [4.78, 5) is 23.2. The van der Waals surface area contributed by atoms with Crippen LogP contribution in [0.2, 0.25) is 10.0 Å². The Hall–Kier alpha value is -1.83. The molecule has 0 spiro atoms. The van der Waals surface area contributed by atoms with Crippen LogP contribution in [0.1, 0.15) is 21.6 Å². The molecule has 32 heavy (non-hydrogen) atoms. The lowest BCUT2D eigenvalue weighted by Crippen LogP contribution is -2.27. The van der Waals surface area contributed by atoms with Gasteiger partial charge >= 0.3 is 0 Å². The molecule has 2 aromatic heterocycles. The summed E-state index contributed by atoms with van der Waals surface area (Å²) in [5.41, 5.74) is 4.06. The fraction of sp³-hybridized carbons (Fsp3) is 0.250. The highest BCUT2D eigenvalue weighted by atomic mass is 35.5. The van der Waals surface area contributed by atoms with E-state index in [-0.39, 0.29) is 5.56 Å². The summed E-state index contributed by atoms with van der Waals surface area (Å²) < 4.78 is 1.76. The van der Waals surface area contributed by atoms with Crippen LogP contribution < -0.4 is 5.56 Å². The number of halogens is 2. The van der Waals surface area contributed by atoms with Crippen molar-refractivity contribution >= 4 is 56.5 Å². The van der Waals surface area contributed by atoms with Gasteiger partial charge in [0.05, 0.1) is 11.1 Å². The molecule has 5 rings (SSSR count). The van der Waals surface area contributed by atoms with Gasteiger partial charge < -0.3 is 4.90 Å². The summed E-state index contributed by atoms with van der Waals surface area (Å²) in [7, 11) is 2.11. The van der Waals surface area contributed by atoms with Crippen molar-refractivity contribution in [2.75, 3.05) is 13.6 Å². The van der Waals surface area contributed by atoms with Gasteiger partial charge in [0.15, 0.2) is 5.16 Å². The van der Waals surface area contributed by atoms with Crippen LogP contribution in [0, 0.1) is 6.92 Å². The standard InChI is InChI=1S/C24H21Cl2N3OS2/c1-14-4-3-5-17(10-14)29-23(30)21-18-8-9-28(2)12-20(18)32-22(21)27-24(29)31-13-15-6-7-16(25)11-19(15)26/h3-7,10-11H,8-9,12-13H2,1-2H3. The van der Waals surface area contributed by atoms with Crippen molar-refractivity contribution in [3.05, 3.63) is 84.4 Å². The van der Waals surface area contributed by atoms with Gasteiger partial charge in [-0.15, -0.1) is 11.3 Å².